The van der Waals surface area contributed by atoms with Gasteiger partial charge in [0.2, 0.25) is 0 Å². The molecule has 0 unspecified atom stereocenters. The summed E-state index contributed by atoms with van der Waals surface area (Å²) in [5.41, 5.74) is 0.561. The molecule has 8 nitrogen and oxygen atoms in total. The molecule has 0 bridgehead atoms. The summed E-state index contributed by atoms with van der Waals surface area (Å²) in [6.45, 7) is 5.28. The van der Waals surface area contributed by atoms with E-state index in [1.807, 2.05) is 12.1 Å². The molecule has 1 saturated heterocycles. The first kappa shape index (κ1) is 15.4. The maximum absolute atomic E-state index is 12.1. The van der Waals surface area contributed by atoms with Crippen LogP contribution in [0.25, 0.3) is 0 Å². The Morgan fingerprint density at radius 3 is 2.83 bits per heavy atom. The Bertz CT molecular complexity index is 618. The number of carbonyl (C=O) groups is 1. The second-order valence-corrected chi connectivity index (χ2v) is 5.86. The Hall–Kier alpha value is -2.51. The van der Waals surface area contributed by atoms with Crippen LogP contribution in [0, 0.1) is 5.92 Å². The van der Waals surface area contributed by atoms with Crippen LogP contribution in [0.15, 0.2) is 24.7 Å². The van der Waals surface area contributed by atoms with Crippen molar-refractivity contribution in [1.29, 1.82) is 0 Å². The van der Waals surface area contributed by atoms with Crippen LogP contribution in [0.3, 0.4) is 0 Å². The third-order valence-corrected chi connectivity index (χ3v) is 4.11. The Morgan fingerprint density at radius 1 is 1.35 bits per heavy atom. The minimum atomic E-state index is -0.142. The highest BCUT2D eigenvalue weighted by atomic mass is 16.1. The molecule has 1 amide bonds. The highest BCUT2D eigenvalue weighted by Crippen LogP contribution is 2.21. The first-order chi connectivity index (χ1) is 11.2. The average Bonchev–Trinajstić information content (AvgIpc) is 3.09. The fourth-order valence-electron chi connectivity index (χ4n) is 2.61. The number of rotatable bonds is 5. The van der Waals surface area contributed by atoms with Gasteiger partial charge in [-0.1, -0.05) is 6.92 Å². The number of piperidine rings is 1. The molecular formula is C15H21N7O. The Morgan fingerprint density at radius 2 is 2.17 bits per heavy atom. The van der Waals surface area contributed by atoms with Crippen molar-refractivity contribution in [2.24, 2.45) is 5.92 Å². The van der Waals surface area contributed by atoms with Gasteiger partial charge in [-0.25, -0.2) is 4.98 Å². The van der Waals surface area contributed by atoms with E-state index in [2.05, 4.69) is 37.5 Å². The number of carbonyl (C=O) groups excluding carboxylic acids is 1. The smallest absolute Gasteiger partial charge is 0.252 e. The molecule has 2 aromatic rings. The van der Waals surface area contributed by atoms with Crippen LogP contribution in [0.2, 0.25) is 0 Å². The van der Waals surface area contributed by atoms with Gasteiger partial charge in [-0.3, -0.25) is 4.79 Å². The van der Waals surface area contributed by atoms with Crippen LogP contribution >= 0.6 is 0 Å². The van der Waals surface area contributed by atoms with Crippen LogP contribution in [-0.2, 0) is 6.54 Å². The van der Waals surface area contributed by atoms with Crippen LogP contribution in [0.4, 0.5) is 5.82 Å². The first-order valence-electron chi connectivity index (χ1n) is 7.92. The summed E-state index contributed by atoms with van der Waals surface area (Å²) in [6, 6.07) is 3.74. The van der Waals surface area contributed by atoms with Crippen molar-refractivity contribution in [3.8, 4) is 0 Å². The van der Waals surface area contributed by atoms with Gasteiger partial charge in [-0.15, -0.1) is 10.2 Å². The lowest BCUT2D eigenvalue weighted by molar-refractivity contribution is 0.0951. The number of amides is 1. The predicted molar refractivity (Wildman–Crippen MR) is 85.0 cm³/mol. The molecule has 0 aromatic carbocycles. The molecule has 0 radical (unpaired) electrons. The lowest BCUT2D eigenvalue weighted by Crippen LogP contribution is -2.33. The van der Waals surface area contributed by atoms with Gasteiger partial charge in [0, 0.05) is 25.8 Å². The fourth-order valence-corrected chi connectivity index (χ4v) is 2.61. The monoisotopic (exact) mass is 315 g/mol. The third kappa shape index (κ3) is 4.02. The lowest BCUT2D eigenvalue weighted by Gasteiger charge is -2.31. The van der Waals surface area contributed by atoms with E-state index in [4.69, 9.17) is 0 Å². The minimum absolute atomic E-state index is 0.142. The van der Waals surface area contributed by atoms with E-state index in [0.717, 1.165) is 24.8 Å². The van der Waals surface area contributed by atoms with E-state index in [9.17, 15) is 4.79 Å². The summed E-state index contributed by atoms with van der Waals surface area (Å²) in [4.78, 5) is 20.2. The van der Waals surface area contributed by atoms with Gasteiger partial charge in [0.15, 0.2) is 6.33 Å². The highest BCUT2D eigenvalue weighted by molar-refractivity contribution is 5.94. The van der Waals surface area contributed by atoms with E-state index >= 15 is 0 Å². The predicted octanol–water partition coefficient (Wildman–Crippen LogP) is 0.734. The van der Waals surface area contributed by atoms with Gasteiger partial charge >= 0.3 is 0 Å². The van der Waals surface area contributed by atoms with Crippen LogP contribution in [-0.4, -0.2) is 50.7 Å². The molecule has 1 aliphatic rings. The quantitative estimate of drug-likeness (QED) is 0.875. The van der Waals surface area contributed by atoms with Gasteiger partial charge < -0.3 is 10.2 Å². The van der Waals surface area contributed by atoms with Gasteiger partial charge in [0.25, 0.3) is 5.91 Å². The molecule has 1 N–H and O–H groups in total. The van der Waals surface area contributed by atoms with E-state index in [-0.39, 0.29) is 5.91 Å². The standard InChI is InChI=1S/C15H21N7O/c1-12-4-7-21(8-5-12)14-3-2-13(10-17-14)15(23)16-6-9-22-19-11-18-20-22/h2-3,10-12H,4-9H2,1H3,(H,16,23). The zero-order valence-corrected chi connectivity index (χ0v) is 13.2. The van der Waals surface area contributed by atoms with Gasteiger partial charge in [-0.05, 0) is 36.1 Å². The maximum atomic E-state index is 12.1. The molecule has 0 spiro atoms. The topological polar surface area (TPSA) is 88.8 Å². The summed E-state index contributed by atoms with van der Waals surface area (Å²) < 4.78 is 0. The van der Waals surface area contributed by atoms with Crippen LogP contribution < -0.4 is 10.2 Å². The van der Waals surface area contributed by atoms with Crippen molar-refractivity contribution < 1.29 is 4.79 Å². The van der Waals surface area contributed by atoms with Crippen LogP contribution in [0.5, 0.6) is 0 Å². The largest absolute Gasteiger partial charge is 0.357 e. The molecule has 122 valence electrons. The van der Waals surface area contributed by atoms with Crippen LogP contribution in [0.1, 0.15) is 30.1 Å². The van der Waals surface area contributed by atoms with Crippen molar-refractivity contribution in [3.05, 3.63) is 30.2 Å². The number of pyridine rings is 1. The van der Waals surface area contributed by atoms with Gasteiger partial charge in [-0.2, -0.15) is 4.80 Å². The van der Waals surface area contributed by atoms with Gasteiger partial charge in [0.05, 0.1) is 12.1 Å². The molecule has 0 saturated carbocycles. The molecule has 3 rings (SSSR count). The zero-order valence-electron chi connectivity index (χ0n) is 13.2. The van der Waals surface area contributed by atoms with E-state index in [1.165, 1.54) is 24.0 Å². The van der Waals surface area contributed by atoms with E-state index in [0.29, 0.717) is 18.7 Å². The Labute approximate surface area is 134 Å². The summed E-state index contributed by atoms with van der Waals surface area (Å²) in [5, 5.41) is 14.1. The summed E-state index contributed by atoms with van der Waals surface area (Å²) in [6.07, 6.45) is 5.39. The van der Waals surface area contributed by atoms with E-state index < -0.39 is 0 Å². The third-order valence-electron chi connectivity index (χ3n) is 4.11. The summed E-state index contributed by atoms with van der Waals surface area (Å²) in [7, 11) is 0. The number of nitrogens with zero attached hydrogens (tertiary/aromatic N) is 6. The van der Waals surface area contributed by atoms with E-state index in [1.54, 1.807) is 6.20 Å². The number of hydrogen-bond acceptors (Lipinski definition) is 6. The molecule has 2 aromatic heterocycles. The normalized spacial score (nSPS) is 15.6. The summed E-state index contributed by atoms with van der Waals surface area (Å²) in [5.74, 6) is 1.59. The average molecular weight is 315 g/mol. The molecule has 23 heavy (non-hydrogen) atoms. The Kier molecular flexibility index (Phi) is 4.80. The molecule has 8 heteroatoms. The number of tetrazole rings is 1. The van der Waals surface area contributed by atoms with Gasteiger partial charge in [0.1, 0.15) is 5.82 Å². The zero-order chi connectivity index (χ0) is 16.1. The fraction of sp³-hybridized carbons (Fsp3) is 0.533. The molecule has 1 aliphatic heterocycles. The van der Waals surface area contributed by atoms with Crippen molar-refractivity contribution in [2.75, 3.05) is 24.5 Å². The summed E-state index contributed by atoms with van der Waals surface area (Å²) >= 11 is 0. The number of nitrogens with one attached hydrogen (secondary N) is 1. The van der Waals surface area contributed by atoms with Crippen molar-refractivity contribution in [2.45, 2.75) is 26.3 Å². The Balaban J connectivity index is 1.51. The van der Waals surface area contributed by atoms with Crippen molar-refractivity contribution in [1.82, 2.24) is 30.5 Å². The number of hydrogen-bond donors (Lipinski definition) is 1. The second-order valence-electron chi connectivity index (χ2n) is 5.86. The van der Waals surface area contributed by atoms with Crippen molar-refractivity contribution in [3.63, 3.8) is 0 Å². The number of anilines is 1. The number of aromatic nitrogens is 5. The minimum Gasteiger partial charge on any atom is -0.357 e. The SMILES string of the molecule is CC1CCN(c2ccc(C(=O)NCCn3ncnn3)cn2)CC1. The lowest BCUT2D eigenvalue weighted by atomic mass is 9.99. The molecule has 3 heterocycles. The second kappa shape index (κ2) is 7.17. The molecular weight excluding hydrogens is 294 g/mol. The molecule has 1 fully saturated rings. The molecule has 0 atom stereocenters. The maximum Gasteiger partial charge on any atom is 0.252 e. The highest BCUT2D eigenvalue weighted by Gasteiger charge is 2.17. The first-order valence-corrected chi connectivity index (χ1v) is 7.92. The molecule has 0 aliphatic carbocycles. The van der Waals surface area contributed by atoms with Crippen molar-refractivity contribution >= 4 is 11.7 Å².